The molecule has 3 heteroatoms. The van der Waals surface area contributed by atoms with E-state index in [0.29, 0.717) is 0 Å². The Morgan fingerprint density at radius 1 is 0.842 bits per heavy atom. The Kier molecular flexibility index (Phi) is 4.29. The lowest BCUT2D eigenvalue weighted by Crippen LogP contribution is -1.98. The fourth-order valence-electron chi connectivity index (χ4n) is 2.00. The number of hydrogen-bond acceptors (Lipinski definition) is 3. The summed E-state index contributed by atoms with van der Waals surface area (Å²) in [5, 5.41) is 0. The van der Waals surface area contributed by atoms with Crippen molar-refractivity contribution in [1.82, 2.24) is 0 Å². The van der Waals surface area contributed by atoms with Crippen molar-refractivity contribution in [1.29, 1.82) is 0 Å². The monoisotopic (exact) mass is 257 g/mol. The van der Waals surface area contributed by atoms with Crippen LogP contribution >= 0.6 is 0 Å². The molecule has 0 atom stereocenters. The summed E-state index contributed by atoms with van der Waals surface area (Å²) in [6.45, 7) is 0. The third kappa shape index (κ3) is 3.41. The van der Waals surface area contributed by atoms with Crippen LogP contribution in [-0.4, -0.2) is 14.2 Å². The van der Waals surface area contributed by atoms with E-state index < -0.39 is 0 Å². The Hall–Kier alpha value is -2.16. The van der Waals surface area contributed by atoms with Gasteiger partial charge in [0, 0.05) is 11.8 Å². The molecule has 2 N–H and O–H groups in total. The van der Waals surface area contributed by atoms with Gasteiger partial charge in [-0.3, -0.25) is 0 Å². The predicted molar refractivity (Wildman–Crippen MR) is 77.8 cm³/mol. The number of nitrogens with two attached hydrogens (primary N) is 1. The van der Waals surface area contributed by atoms with Gasteiger partial charge in [-0.25, -0.2) is 0 Å². The van der Waals surface area contributed by atoms with E-state index in [0.717, 1.165) is 35.6 Å². The number of rotatable bonds is 5. The lowest BCUT2D eigenvalue weighted by atomic mass is 10.0. The highest BCUT2D eigenvalue weighted by Gasteiger charge is 2.02. The first-order valence-corrected chi connectivity index (χ1v) is 6.28. The zero-order chi connectivity index (χ0) is 13.7. The third-order valence-electron chi connectivity index (χ3n) is 3.20. The molecule has 0 aliphatic heterocycles. The first-order valence-electron chi connectivity index (χ1n) is 6.28. The van der Waals surface area contributed by atoms with Crippen LogP contribution in [0.25, 0.3) is 0 Å². The van der Waals surface area contributed by atoms with Gasteiger partial charge >= 0.3 is 0 Å². The van der Waals surface area contributed by atoms with Crippen molar-refractivity contribution in [3.05, 3.63) is 53.6 Å². The minimum atomic E-state index is 0.785. The molecule has 2 rings (SSSR count). The van der Waals surface area contributed by atoms with Crippen LogP contribution in [0.2, 0.25) is 0 Å². The largest absolute Gasteiger partial charge is 0.497 e. The summed E-state index contributed by atoms with van der Waals surface area (Å²) in [5.74, 6) is 1.68. The quantitative estimate of drug-likeness (QED) is 0.837. The molecule has 0 amide bonds. The van der Waals surface area contributed by atoms with Gasteiger partial charge in [0.2, 0.25) is 0 Å². The van der Waals surface area contributed by atoms with Gasteiger partial charge < -0.3 is 15.2 Å². The molecule has 0 spiro atoms. The van der Waals surface area contributed by atoms with Crippen molar-refractivity contribution in [2.24, 2.45) is 0 Å². The summed E-state index contributed by atoms with van der Waals surface area (Å²) in [5.41, 5.74) is 9.22. The molecule has 0 aromatic heterocycles. The minimum Gasteiger partial charge on any atom is -0.497 e. The van der Waals surface area contributed by atoms with Crippen molar-refractivity contribution in [3.63, 3.8) is 0 Å². The number of benzene rings is 2. The van der Waals surface area contributed by atoms with Gasteiger partial charge in [0.05, 0.1) is 14.2 Å². The highest BCUT2D eigenvalue weighted by atomic mass is 16.5. The second-order valence-corrected chi connectivity index (χ2v) is 4.41. The molecule has 0 aliphatic carbocycles. The molecule has 0 aliphatic rings. The summed E-state index contributed by atoms with van der Waals surface area (Å²) >= 11 is 0. The van der Waals surface area contributed by atoms with Gasteiger partial charge in [0.15, 0.2) is 0 Å². The molecule has 0 bridgehead atoms. The van der Waals surface area contributed by atoms with E-state index >= 15 is 0 Å². The van der Waals surface area contributed by atoms with E-state index in [-0.39, 0.29) is 0 Å². The molecule has 3 nitrogen and oxygen atoms in total. The van der Waals surface area contributed by atoms with Crippen LogP contribution in [0.1, 0.15) is 11.1 Å². The Morgan fingerprint density at radius 2 is 1.47 bits per heavy atom. The average Bonchev–Trinajstić information content (AvgIpc) is 2.46. The van der Waals surface area contributed by atoms with Crippen LogP contribution in [0, 0.1) is 0 Å². The fourth-order valence-corrected chi connectivity index (χ4v) is 2.00. The first-order chi connectivity index (χ1) is 9.22. The highest BCUT2D eigenvalue weighted by Crippen LogP contribution is 2.21. The van der Waals surface area contributed by atoms with Gasteiger partial charge in [-0.1, -0.05) is 18.2 Å². The van der Waals surface area contributed by atoms with Crippen molar-refractivity contribution in [3.8, 4) is 11.5 Å². The van der Waals surface area contributed by atoms with Crippen molar-refractivity contribution < 1.29 is 9.47 Å². The van der Waals surface area contributed by atoms with Gasteiger partial charge in [0.1, 0.15) is 11.5 Å². The van der Waals surface area contributed by atoms with Crippen LogP contribution in [0.15, 0.2) is 42.5 Å². The molecule has 0 radical (unpaired) electrons. The smallest absolute Gasteiger partial charge is 0.120 e. The summed E-state index contributed by atoms with van der Waals surface area (Å²) in [7, 11) is 3.32. The van der Waals surface area contributed by atoms with Crippen LogP contribution in [0.3, 0.4) is 0 Å². The standard InChI is InChI=1S/C16H19NO2/c1-18-14-8-4-12(5-9-14)3-6-13-7-10-15(19-2)11-16(13)17/h4-5,7-11H,3,6,17H2,1-2H3. The van der Waals surface area contributed by atoms with Crippen molar-refractivity contribution in [2.45, 2.75) is 12.8 Å². The van der Waals surface area contributed by atoms with Crippen LogP contribution in [-0.2, 0) is 12.8 Å². The van der Waals surface area contributed by atoms with Gasteiger partial charge in [0.25, 0.3) is 0 Å². The second kappa shape index (κ2) is 6.14. The van der Waals surface area contributed by atoms with Crippen LogP contribution in [0.5, 0.6) is 11.5 Å². The van der Waals surface area contributed by atoms with E-state index in [1.807, 2.05) is 30.3 Å². The summed E-state index contributed by atoms with van der Waals surface area (Å²) < 4.78 is 10.3. The number of ether oxygens (including phenoxy) is 2. The number of aryl methyl sites for hydroxylation is 2. The van der Waals surface area contributed by atoms with Gasteiger partial charge in [-0.2, -0.15) is 0 Å². The zero-order valence-corrected chi connectivity index (χ0v) is 11.3. The molecule has 0 unspecified atom stereocenters. The maximum atomic E-state index is 6.01. The molecule has 0 saturated carbocycles. The summed E-state index contributed by atoms with van der Waals surface area (Å²) in [6, 6.07) is 14.0. The van der Waals surface area contributed by atoms with E-state index in [9.17, 15) is 0 Å². The Bertz CT molecular complexity index is 535. The van der Waals surface area contributed by atoms with Gasteiger partial charge in [-0.15, -0.1) is 0 Å². The molecular weight excluding hydrogens is 238 g/mol. The first kappa shape index (κ1) is 13.3. The number of hydrogen-bond donors (Lipinski definition) is 1. The Labute approximate surface area is 114 Å². The zero-order valence-electron chi connectivity index (χ0n) is 11.3. The molecule has 2 aromatic carbocycles. The summed E-state index contributed by atoms with van der Waals surface area (Å²) in [4.78, 5) is 0. The molecule has 19 heavy (non-hydrogen) atoms. The average molecular weight is 257 g/mol. The molecular formula is C16H19NO2. The SMILES string of the molecule is COc1ccc(CCc2ccc(OC)cc2N)cc1. The predicted octanol–water partition coefficient (Wildman–Crippen LogP) is 3.07. The Balaban J connectivity index is 2.01. The van der Waals surface area contributed by atoms with E-state index in [2.05, 4.69) is 12.1 Å². The Morgan fingerprint density at radius 3 is 2.05 bits per heavy atom. The van der Waals surface area contributed by atoms with Crippen molar-refractivity contribution in [2.75, 3.05) is 20.0 Å². The number of nitrogen functional groups attached to an aromatic ring is 1. The third-order valence-corrected chi connectivity index (χ3v) is 3.20. The molecule has 2 aromatic rings. The number of methoxy groups -OCH3 is 2. The van der Waals surface area contributed by atoms with Crippen LogP contribution < -0.4 is 15.2 Å². The molecule has 0 heterocycles. The fraction of sp³-hybridized carbons (Fsp3) is 0.250. The number of anilines is 1. The second-order valence-electron chi connectivity index (χ2n) is 4.41. The lowest BCUT2D eigenvalue weighted by molar-refractivity contribution is 0.414. The van der Waals surface area contributed by atoms with Gasteiger partial charge in [-0.05, 0) is 42.2 Å². The van der Waals surface area contributed by atoms with Crippen LogP contribution in [0.4, 0.5) is 5.69 Å². The molecule has 0 saturated heterocycles. The normalized spacial score (nSPS) is 10.2. The van der Waals surface area contributed by atoms with Crippen molar-refractivity contribution >= 4 is 5.69 Å². The summed E-state index contributed by atoms with van der Waals surface area (Å²) in [6.07, 6.45) is 1.88. The topological polar surface area (TPSA) is 44.5 Å². The van der Waals surface area contributed by atoms with E-state index in [4.69, 9.17) is 15.2 Å². The maximum Gasteiger partial charge on any atom is 0.120 e. The lowest BCUT2D eigenvalue weighted by Gasteiger charge is -2.08. The molecule has 0 fully saturated rings. The van der Waals surface area contributed by atoms with E-state index in [1.54, 1.807) is 14.2 Å². The molecule has 100 valence electrons. The highest BCUT2D eigenvalue weighted by molar-refractivity contribution is 5.51. The maximum absolute atomic E-state index is 6.01. The van der Waals surface area contributed by atoms with E-state index in [1.165, 1.54) is 5.56 Å². The minimum absolute atomic E-state index is 0.785.